The third-order valence-electron chi connectivity index (χ3n) is 3.11. The Balaban J connectivity index is 2.09. The van der Waals surface area contributed by atoms with Gasteiger partial charge in [-0.1, -0.05) is 24.6 Å². The van der Waals surface area contributed by atoms with E-state index in [0.717, 1.165) is 17.7 Å². The molecule has 15 heavy (non-hydrogen) atoms. The summed E-state index contributed by atoms with van der Waals surface area (Å²) in [5.41, 5.74) is 1.43. The largest absolute Gasteiger partial charge is 0.387 e. The van der Waals surface area contributed by atoms with Gasteiger partial charge in [-0.3, -0.25) is 0 Å². The summed E-state index contributed by atoms with van der Waals surface area (Å²) in [6.45, 7) is 4.40. The van der Waals surface area contributed by atoms with Crippen LogP contribution >= 0.6 is 11.3 Å². The van der Waals surface area contributed by atoms with Crippen molar-refractivity contribution in [3.63, 3.8) is 0 Å². The van der Waals surface area contributed by atoms with E-state index in [9.17, 15) is 5.11 Å². The van der Waals surface area contributed by atoms with Crippen molar-refractivity contribution in [3.05, 3.63) is 34.0 Å². The van der Waals surface area contributed by atoms with Gasteiger partial charge in [0.05, 0.1) is 6.10 Å². The number of aliphatic hydroxyl groups excluding tert-OH is 1. The summed E-state index contributed by atoms with van der Waals surface area (Å²) in [5.74, 6) is 1.02. The SMILES string of the molecule is CC1=CC(C)CC(C(O)c2cccs2)C1. The van der Waals surface area contributed by atoms with E-state index in [1.54, 1.807) is 11.3 Å². The molecule has 3 atom stereocenters. The first kappa shape index (κ1) is 10.9. The van der Waals surface area contributed by atoms with Crippen molar-refractivity contribution in [2.75, 3.05) is 0 Å². The summed E-state index contributed by atoms with van der Waals surface area (Å²) in [4.78, 5) is 1.11. The maximum absolute atomic E-state index is 10.3. The zero-order valence-electron chi connectivity index (χ0n) is 9.31. The molecule has 0 aromatic carbocycles. The van der Waals surface area contributed by atoms with Gasteiger partial charge in [-0.05, 0) is 43.0 Å². The first-order valence-electron chi connectivity index (χ1n) is 5.55. The molecule has 1 N–H and O–H groups in total. The van der Waals surface area contributed by atoms with Gasteiger partial charge in [0.2, 0.25) is 0 Å². The van der Waals surface area contributed by atoms with Crippen LogP contribution < -0.4 is 0 Å². The molecule has 82 valence electrons. The molecule has 0 fully saturated rings. The van der Waals surface area contributed by atoms with Crippen molar-refractivity contribution >= 4 is 11.3 Å². The maximum Gasteiger partial charge on any atom is 0.0913 e. The van der Waals surface area contributed by atoms with Crippen LogP contribution in [0.1, 0.15) is 37.7 Å². The van der Waals surface area contributed by atoms with Crippen LogP contribution in [0.2, 0.25) is 0 Å². The Bertz CT molecular complexity index is 339. The van der Waals surface area contributed by atoms with Crippen molar-refractivity contribution in [3.8, 4) is 0 Å². The predicted molar refractivity (Wildman–Crippen MR) is 64.9 cm³/mol. The minimum absolute atomic E-state index is 0.268. The van der Waals surface area contributed by atoms with Crippen LogP contribution in [0.4, 0.5) is 0 Å². The first-order chi connectivity index (χ1) is 7.16. The summed E-state index contributed by atoms with van der Waals surface area (Å²) >= 11 is 1.66. The maximum atomic E-state index is 10.3. The molecular formula is C13H18OS. The second-order valence-corrected chi connectivity index (χ2v) is 5.63. The van der Waals surface area contributed by atoms with E-state index in [1.807, 2.05) is 17.5 Å². The van der Waals surface area contributed by atoms with Gasteiger partial charge in [0, 0.05) is 4.88 Å². The Kier molecular flexibility index (Phi) is 3.27. The van der Waals surface area contributed by atoms with Crippen LogP contribution in [0.3, 0.4) is 0 Å². The van der Waals surface area contributed by atoms with Crippen molar-refractivity contribution in [1.29, 1.82) is 0 Å². The molecule has 2 rings (SSSR count). The summed E-state index contributed by atoms with van der Waals surface area (Å²) < 4.78 is 0. The van der Waals surface area contributed by atoms with Crippen LogP contribution in [0, 0.1) is 11.8 Å². The quantitative estimate of drug-likeness (QED) is 0.755. The van der Waals surface area contributed by atoms with Crippen LogP contribution in [-0.2, 0) is 0 Å². The van der Waals surface area contributed by atoms with E-state index in [0.29, 0.717) is 11.8 Å². The molecule has 1 aliphatic carbocycles. The lowest BCUT2D eigenvalue weighted by atomic mass is 9.80. The molecule has 1 aromatic rings. The minimum atomic E-state index is -0.268. The van der Waals surface area contributed by atoms with Gasteiger partial charge in [0.15, 0.2) is 0 Å². The van der Waals surface area contributed by atoms with Gasteiger partial charge >= 0.3 is 0 Å². The number of aliphatic hydroxyl groups is 1. The van der Waals surface area contributed by atoms with E-state index >= 15 is 0 Å². The fraction of sp³-hybridized carbons (Fsp3) is 0.538. The fourth-order valence-corrected chi connectivity index (χ4v) is 3.33. The molecular weight excluding hydrogens is 204 g/mol. The highest BCUT2D eigenvalue weighted by Gasteiger charge is 2.26. The fourth-order valence-electron chi connectivity index (χ4n) is 2.53. The molecule has 0 saturated carbocycles. The zero-order valence-corrected chi connectivity index (χ0v) is 10.1. The van der Waals surface area contributed by atoms with E-state index in [1.165, 1.54) is 5.57 Å². The molecule has 0 radical (unpaired) electrons. The van der Waals surface area contributed by atoms with Crippen molar-refractivity contribution in [2.24, 2.45) is 11.8 Å². The smallest absolute Gasteiger partial charge is 0.0913 e. The molecule has 0 amide bonds. The lowest BCUT2D eigenvalue weighted by Gasteiger charge is -2.28. The van der Waals surface area contributed by atoms with Crippen LogP contribution in [0.15, 0.2) is 29.2 Å². The number of allylic oxidation sites excluding steroid dienone is 2. The van der Waals surface area contributed by atoms with Crippen molar-refractivity contribution in [1.82, 2.24) is 0 Å². The van der Waals surface area contributed by atoms with E-state index in [2.05, 4.69) is 19.9 Å². The van der Waals surface area contributed by atoms with Gasteiger partial charge in [-0.15, -0.1) is 11.3 Å². The van der Waals surface area contributed by atoms with Crippen molar-refractivity contribution < 1.29 is 5.11 Å². The summed E-state index contributed by atoms with van der Waals surface area (Å²) in [5, 5.41) is 12.3. The van der Waals surface area contributed by atoms with Crippen molar-refractivity contribution in [2.45, 2.75) is 32.8 Å². The Hall–Kier alpha value is -0.600. The average Bonchev–Trinajstić information content (AvgIpc) is 2.67. The number of rotatable bonds is 2. The summed E-state index contributed by atoms with van der Waals surface area (Å²) in [7, 11) is 0. The molecule has 1 aromatic heterocycles. The second kappa shape index (κ2) is 4.50. The molecule has 0 aliphatic heterocycles. The van der Waals surface area contributed by atoms with Gasteiger partial charge in [-0.2, -0.15) is 0 Å². The highest BCUT2D eigenvalue weighted by atomic mass is 32.1. The average molecular weight is 222 g/mol. The standard InChI is InChI=1S/C13H18OS/c1-9-6-10(2)8-11(7-9)13(14)12-4-3-5-15-12/h3-6,9,11,13-14H,7-8H2,1-2H3. The monoisotopic (exact) mass is 222 g/mol. The lowest BCUT2D eigenvalue weighted by Crippen LogP contribution is -2.18. The lowest BCUT2D eigenvalue weighted by molar-refractivity contribution is 0.0964. The molecule has 1 nitrogen and oxygen atoms in total. The zero-order chi connectivity index (χ0) is 10.8. The Labute approximate surface area is 95.5 Å². The van der Waals surface area contributed by atoms with E-state index < -0.39 is 0 Å². The molecule has 1 aliphatic rings. The number of hydrogen-bond acceptors (Lipinski definition) is 2. The normalized spacial score (nSPS) is 28.6. The van der Waals surface area contributed by atoms with E-state index in [-0.39, 0.29) is 6.10 Å². The Morgan fingerprint density at radius 1 is 1.53 bits per heavy atom. The molecule has 3 unspecified atom stereocenters. The third-order valence-corrected chi connectivity index (χ3v) is 4.05. The summed E-state index contributed by atoms with van der Waals surface area (Å²) in [6.07, 6.45) is 4.22. The van der Waals surface area contributed by atoms with Gasteiger partial charge < -0.3 is 5.11 Å². The third kappa shape index (κ3) is 2.50. The predicted octanol–water partition coefficient (Wildman–Crippen LogP) is 3.77. The Morgan fingerprint density at radius 2 is 2.33 bits per heavy atom. The highest BCUT2D eigenvalue weighted by molar-refractivity contribution is 7.10. The number of hydrogen-bond donors (Lipinski definition) is 1. The second-order valence-electron chi connectivity index (χ2n) is 4.65. The first-order valence-corrected chi connectivity index (χ1v) is 6.43. The molecule has 2 heteroatoms. The topological polar surface area (TPSA) is 20.2 Å². The Morgan fingerprint density at radius 3 is 2.93 bits per heavy atom. The molecule has 0 saturated heterocycles. The summed E-state index contributed by atoms with van der Waals surface area (Å²) in [6, 6.07) is 4.05. The van der Waals surface area contributed by atoms with Crippen LogP contribution in [0.5, 0.6) is 0 Å². The van der Waals surface area contributed by atoms with Gasteiger partial charge in [-0.25, -0.2) is 0 Å². The van der Waals surface area contributed by atoms with Crippen LogP contribution in [0.25, 0.3) is 0 Å². The highest BCUT2D eigenvalue weighted by Crippen LogP contribution is 2.37. The van der Waals surface area contributed by atoms with E-state index in [4.69, 9.17) is 0 Å². The van der Waals surface area contributed by atoms with Gasteiger partial charge in [0.25, 0.3) is 0 Å². The molecule has 0 bridgehead atoms. The molecule has 0 spiro atoms. The number of thiophene rings is 1. The molecule has 1 heterocycles. The van der Waals surface area contributed by atoms with Gasteiger partial charge in [0.1, 0.15) is 0 Å². The van der Waals surface area contributed by atoms with Crippen LogP contribution in [-0.4, -0.2) is 5.11 Å². The minimum Gasteiger partial charge on any atom is -0.387 e.